The van der Waals surface area contributed by atoms with E-state index in [0.717, 1.165) is 32.1 Å². The van der Waals surface area contributed by atoms with E-state index >= 15 is 0 Å². The molecule has 3 rings (SSSR count). The van der Waals surface area contributed by atoms with Crippen molar-refractivity contribution < 1.29 is 9.59 Å². The highest BCUT2D eigenvalue weighted by atomic mass is 16.2. The van der Waals surface area contributed by atoms with Crippen LogP contribution in [-0.2, 0) is 15.0 Å². The molecular formula is C19H26N2O2. The molecule has 1 atom stereocenters. The van der Waals surface area contributed by atoms with E-state index in [-0.39, 0.29) is 28.8 Å². The van der Waals surface area contributed by atoms with Crippen molar-refractivity contribution in [2.45, 2.75) is 69.4 Å². The van der Waals surface area contributed by atoms with E-state index < -0.39 is 0 Å². The molecule has 4 nitrogen and oxygen atoms in total. The number of nitrogens with one attached hydrogen (secondary N) is 2. The van der Waals surface area contributed by atoms with E-state index in [1.165, 1.54) is 5.56 Å². The van der Waals surface area contributed by atoms with Gasteiger partial charge < -0.3 is 10.6 Å². The molecule has 2 amide bonds. The lowest BCUT2D eigenvalue weighted by atomic mass is 9.75. The number of carbonyl (C=O) groups excluding carboxylic acids is 2. The summed E-state index contributed by atoms with van der Waals surface area (Å²) in [5.74, 6) is -0.0310. The van der Waals surface area contributed by atoms with Gasteiger partial charge in [0.05, 0.1) is 0 Å². The van der Waals surface area contributed by atoms with E-state index in [2.05, 4.69) is 36.6 Å². The van der Waals surface area contributed by atoms with Gasteiger partial charge in [0.2, 0.25) is 11.8 Å². The first-order valence-corrected chi connectivity index (χ1v) is 8.62. The van der Waals surface area contributed by atoms with Crippen molar-refractivity contribution >= 4 is 11.8 Å². The molecule has 2 N–H and O–H groups in total. The summed E-state index contributed by atoms with van der Waals surface area (Å²) < 4.78 is 0. The summed E-state index contributed by atoms with van der Waals surface area (Å²) in [5, 5.41) is 6.14. The predicted molar refractivity (Wildman–Crippen MR) is 90.0 cm³/mol. The molecule has 2 aliphatic rings. The van der Waals surface area contributed by atoms with Crippen LogP contribution in [0, 0.1) is 0 Å². The smallest absolute Gasteiger partial charge is 0.243 e. The van der Waals surface area contributed by atoms with Crippen LogP contribution in [0.2, 0.25) is 0 Å². The van der Waals surface area contributed by atoms with Gasteiger partial charge in [-0.25, -0.2) is 0 Å². The van der Waals surface area contributed by atoms with Crippen molar-refractivity contribution in [3.05, 3.63) is 35.9 Å². The fourth-order valence-electron chi connectivity index (χ4n) is 3.65. The molecule has 1 heterocycles. The number of benzene rings is 1. The van der Waals surface area contributed by atoms with Crippen LogP contribution in [0.4, 0.5) is 0 Å². The van der Waals surface area contributed by atoms with Crippen molar-refractivity contribution in [2.24, 2.45) is 0 Å². The predicted octanol–water partition coefficient (Wildman–Crippen LogP) is 2.67. The fraction of sp³-hybridized carbons (Fsp3) is 0.579. The average molecular weight is 314 g/mol. The Kier molecular flexibility index (Phi) is 4.17. The molecule has 1 aromatic carbocycles. The van der Waals surface area contributed by atoms with Crippen LogP contribution >= 0.6 is 0 Å². The standard InChI is InChI=1S/C19H26N2O2/c1-18(2,14-8-4-3-5-9-14)19(12-13-19)21-17(23)15-10-6-7-11-16(22)20-15/h3-5,8-9,15H,6-7,10-13H2,1-2H3,(H,20,22)(H,21,23)/t15-/m0/s1. The summed E-state index contributed by atoms with van der Waals surface area (Å²) in [4.78, 5) is 24.4. The Morgan fingerprint density at radius 1 is 1.22 bits per heavy atom. The molecular weight excluding hydrogens is 288 g/mol. The zero-order valence-electron chi connectivity index (χ0n) is 14.0. The largest absolute Gasteiger partial charge is 0.348 e. The third-order valence-electron chi connectivity index (χ3n) is 5.60. The minimum absolute atomic E-state index is 0.00480. The second kappa shape index (κ2) is 5.99. The van der Waals surface area contributed by atoms with Crippen LogP contribution in [0.15, 0.2) is 30.3 Å². The van der Waals surface area contributed by atoms with Crippen LogP contribution < -0.4 is 10.6 Å². The lowest BCUT2D eigenvalue weighted by Crippen LogP contribution is -2.55. The highest BCUT2D eigenvalue weighted by Gasteiger charge is 2.56. The number of hydrogen-bond donors (Lipinski definition) is 2. The third kappa shape index (κ3) is 3.12. The van der Waals surface area contributed by atoms with Gasteiger partial charge in [-0.15, -0.1) is 0 Å². The molecule has 1 saturated carbocycles. The summed E-state index contributed by atoms with van der Waals surface area (Å²) in [6.07, 6.45) is 5.04. The Morgan fingerprint density at radius 3 is 2.57 bits per heavy atom. The minimum atomic E-state index is -0.381. The number of carbonyl (C=O) groups is 2. The summed E-state index contributed by atoms with van der Waals surface area (Å²) in [5.41, 5.74) is 0.920. The first kappa shape index (κ1) is 16.0. The minimum Gasteiger partial charge on any atom is -0.348 e. The van der Waals surface area contributed by atoms with Gasteiger partial charge >= 0.3 is 0 Å². The molecule has 4 heteroatoms. The molecule has 0 radical (unpaired) electrons. The van der Waals surface area contributed by atoms with Gasteiger partial charge in [-0.2, -0.15) is 0 Å². The molecule has 0 aromatic heterocycles. The maximum absolute atomic E-state index is 12.7. The van der Waals surface area contributed by atoms with Crippen molar-refractivity contribution in [1.82, 2.24) is 10.6 Å². The molecule has 1 saturated heterocycles. The van der Waals surface area contributed by atoms with Crippen molar-refractivity contribution in [3.63, 3.8) is 0 Å². The Bertz CT molecular complexity index is 591. The number of amides is 2. The van der Waals surface area contributed by atoms with E-state index in [0.29, 0.717) is 6.42 Å². The van der Waals surface area contributed by atoms with Gasteiger partial charge in [0.1, 0.15) is 6.04 Å². The molecule has 0 spiro atoms. The Balaban J connectivity index is 1.73. The van der Waals surface area contributed by atoms with Gasteiger partial charge in [0.15, 0.2) is 0 Å². The zero-order chi connectivity index (χ0) is 16.5. The molecule has 23 heavy (non-hydrogen) atoms. The van der Waals surface area contributed by atoms with Crippen LogP contribution in [0.5, 0.6) is 0 Å². The van der Waals surface area contributed by atoms with E-state index in [1.54, 1.807) is 0 Å². The van der Waals surface area contributed by atoms with Gasteiger partial charge in [-0.3, -0.25) is 9.59 Å². The lowest BCUT2D eigenvalue weighted by Gasteiger charge is -2.37. The third-order valence-corrected chi connectivity index (χ3v) is 5.60. The summed E-state index contributed by atoms with van der Waals surface area (Å²) in [6, 6.07) is 9.97. The lowest BCUT2D eigenvalue weighted by molar-refractivity contribution is -0.129. The highest BCUT2D eigenvalue weighted by molar-refractivity contribution is 5.88. The van der Waals surface area contributed by atoms with E-state index in [9.17, 15) is 9.59 Å². The topological polar surface area (TPSA) is 58.2 Å². The SMILES string of the molecule is CC(C)(c1ccccc1)C1(NC(=O)[C@@H]2CCCCC(=O)N2)CC1. The normalized spacial score (nSPS) is 23.6. The van der Waals surface area contributed by atoms with Crippen molar-refractivity contribution in [2.75, 3.05) is 0 Å². The summed E-state index contributed by atoms with van der Waals surface area (Å²) in [6.45, 7) is 4.39. The highest BCUT2D eigenvalue weighted by Crippen LogP contribution is 2.51. The van der Waals surface area contributed by atoms with E-state index in [1.807, 2.05) is 18.2 Å². The van der Waals surface area contributed by atoms with Crippen molar-refractivity contribution in [3.8, 4) is 0 Å². The first-order chi connectivity index (χ1) is 10.9. The van der Waals surface area contributed by atoms with Crippen LogP contribution in [0.1, 0.15) is 57.9 Å². The molecule has 1 aliphatic carbocycles. The van der Waals surface area contributed by atoms with Gasteiger partial charge in [0, 0.05) is 17.4 Å². The molecule has 1 aliphatic heterocycles. The van der Waals surface area contributed by atoms with Crippen LogP contribution in [0.3, 0.4) is 0 Å². The Labute approximate surface area is 138 Å². The van der Waals surface area contributed by atoms with Crippen LogP contribution in [0.25, 0.3) is 0 Å². The fourth-order valence-corrected chi connectivity index (χ4v) is 3.65. The van der Waals surface area contributed by atoms with Gasteiger partial charge in [0.25, 0.3) is 0 Å². The van der Waals surface area contributed by atoms with Gasteiger partial charge in [-0.1, -0.05) is 50.6 Å². The van der Waals surface area contributed by atoms with E-state index in [4.69, 9.17) is 0 Å². The second-order valence-corrected chi connectivity index (χ2v) is 7.43. The zero-order valence-corrected chi connectivity index (χ0v) is 14.0. The quantitative estimate of drug-likeness (QED) is 0.897. The van der Waals surface area contributed by atoms with Crippen molar-refractivity contribution in [1.29, 1.82) is 0 Å². The Hall–Kier alpha value is -1.84. The molecule has 0 bridgehead atoms. The number of hydrogen-bond acceptors (Lipinski definition) is 2. The molecule has 1 aromatic rings. The number of rotatable bonds is 4. The Morgan fingerprint density at radius 2 is 1.91 bits per heavy atom. The maximum Gasteiger partial charge on any atom is 0.243 e. The molecule has 2 fully saturated rings. The average Bonchev–Trinajstić information content (AvgIpc) is 3.34. The maximum atomic E-state index is 12.7. The summed E-state index contributed by atoms with van der Waals surface area (Å²) >= 11 is 0. The molecule has 124 valence electrons. The monoisotopic (exact) mass is 314 g/mol. The second-order valence-electron chi connectivity index (χ2n) is 7.43. The van der Waals surface area contributed by atoms with Gasteiger partial charge in [-0.05, 0) is 31.2 Å². The molecule has 0 unspecified atom stereocenters. The first-order valence-electron chi connectivity index (χ1n) is 8.62. The summed E-state index contributed by atoms with van der Waals surface area (Å²) in [7, 11) is 0. The van der Waals surface area contributed by atoms with Crippen LogP contribution in [-0.4, -0.2) is 23.4 Å².